The van der Waals surface area contributed by atoms with E-state index in [0.717, 1.165) is 15.6 Å². The first-order valence-electron chi connectivity index (χ1n) is 6.42. The highest BCUT2D eigenvalue weighted by Gasteiger charge is 2.08. The summed E-state index contributed by atoms with van der Waals surface area (Å²) in [7, 11) is 0. The lowest BCUT2D eigenvalue weighted by Gasteiger charge is -2.15. The molecule has 0 aliphatic rings. The summed E-state index contributed by atoms with van der Waals surface area (Å²) in [5.41, 5.74) is 2.09. The maximum Gasteiger partial charge on any atom is 0.263 e. The Morgan fingerprint density at radius 2 is 1.75 bits per heavy atom. The van der Waals surface area contributed by atoms with Gasteiger partial charge in [0, 0.05) is 22.6 Å². The maximum atomic E-state index is 12.6. The monoisotopic (exact) mass is 339 g/mol. The average Bonchev–Trinajstić information content (AvgIpc) is 2.45. The van der Waals surface area contributed by atoms with E-state index >= 15 is 0 Å². The van der Waals surface area contributed by atoms with Crippen LogP contribution >= 0.6 is 15.9 Å². The van der Waals surface area contributed by atoms with Crippen molar-refractivity contribution in [3.8, 4) is 0 Å². The molecule has 0 radical (unpaired) electrons. The van der Waals surface area contributed by atoms with Gasteiger partial charge in [0.05, 0.1) is 0 Å². The molecular formula is C16H16BrF2N. The molecule has 0 unspecified atom stereocenters. The largest absolute Gasteiger partial charge is 0.306 e. The van der Waals surface area contributed by atoms with Crippen molar-refractivity contribution in [2.24, 2.45) is 0 Å². The number of hydrogen-bond donors (Lipinski definition) is 1. The fourth-order valence-electron chi connectivity index (χ4n) is 2.00. The summed E-state index contributed by atoms with van der Waals surface area (Å²) in [5, 5.41) is 3.34. The Morgan fingerprint density at radius 3 is 2.45 bits per heavy atom. The first kappa shape index (κ1) is 15.1. The normalized spacial score (nSPS) is 12.7. The number of hydrogen-bond acceptors (Lipinski definition) is 1. The summed E-state index contributed by atoms with van der Waals surface area (Å²) in [6, 6.07) is 14.7. The summed E-state index contributed by atoms with van der Waals surface area (Å²) in [6.07, 6.45) is -2.42. The molecule has 1 N–H and O–H groups in total. The maximum absolute atomic E-state index is 12.6. The third kappa shape index (κ3) is 4.12. The molecule has 0 amide bonds. The van der Waals surface area contributed by atoms with Crippen LogP contribution in [0.25, 0.3) is 0 Å². The zero-order chi connectivity index (χ0) is 14.5. The van der Waals surface area contributed by atoms with Crippen LogP contribution in [0.15, 0.2) is 53.0 Å². The van der Waals surface area contributed by atoms with E-state index in [2.05, 4.69) is 28.2 Å². The van der Waals surface area contributed by atoms with E-state index in [9.17, 15) is 8.78 Å². The Labute approximate surface area is 126 Å². The Morgan fingerprint density at radius 1 is 1.05 bits per heavy atom. The van der Waals surface area contributed by atoms with Gasteiger partial charge < -0.3 is 5.32 Å². The number of alkyl halides is 2. The summed E-state index contributed by atoms with van der Waals surface area (Å²) in [5.74, 6) is 0. The highest BCUT2D eigenvalue weighted by atomic mass is 79.9. The van der Waals surface area contributed by atoms with Gasteiger partial charge in [-0.1, -0.05) is 46.3 Å². The predicted octanol–water partition coefficient (Wildman–Crippen LogP) is 5.24. The van der Waals surface area contributed by atoms with Crippen LogP contribution in [0.5, 0.6) is 0 Å². The van der Waals surface area contributed by atoms with Crippen molar-refractivity contribution in [3.63, 3.8) is 0 Å². The predicted molar refractivity (Wildman–Crippen MR) is 80.8 cm³/mol. The van der Waals surface area contributed by atoms with Crippen molar-refractivity contribution in [2.75, 3.05) is 0 Å². The van der Waals surface area contributed by atoms with Gasteiger partial charge in [-0.15, -0.1) is 0 Å². The second-order valence-corrected chi connectivity index (χ2v) is 5.62. The van der Waals surface area contributed by atoms with Crippen LogP contribution in [0, 0.1) is 0 Å². The average molecular weight is 340 g/mol. The van der Waals surface area contributed by atoms with Gasteiger partial charge in [0.25, 0.3) is 6.43 Å². The van der Waals surface area contributed by atoms with Gasteiger partial charge in [-0.3, -0.25) is 0 Å². The molecule has 2 rings (SSSR count). The van der Waals surface area contributed by atoms with Crippen molar-refractivity contribution < 1.29 is 8.78 Å². The number of halogens is 3. The molecular weight excluding hydrogens is 324 g/mol. The van der Waals surface area contributed by atoms with Gasteiger partial charge in [0.1, 0.15) is 0 Å². The molecule has 0 saturated heterocycles. The van der Waals surface area contributed by atoms with E-state index in [1.807, 2.05) is 30.3 Å². The van der Waals surface area contributed by atoms with Gasteiger partial charge in [-0.05, 0) is 36.2 Å². The Hall–Kier alpha value is -1.26. The van der Waals surface area contributed by atoms with Crippen molar-refractivity contribution >= 4 is 15.9 Å². The van der Waals surface area contributed by atoms with Crippen LogP contribution in [0.3, 0.4) is 0 Å². The second kappa shape index (κ2) is 6.95. The summed E-state index contributed by atoms with van der Waals surface area (Å²) >= 11 is 3.44. The molecule has 0 heterocycles. The molecule has 0 aliphatic heterocycles. The fourth-order valence-corrected chi connectivity index (χ4v) is 2.42. The molecule has 0 aromatic heterocycles. The lowest BCUT2D eigenvalue weighted by Crippen LogP contribution is -2.18. The minimum Gasteiger partial charge on any atom is -0.306 e. The van der Waals surface area contributed by atoms with Crippen LogP contribution in [0.2, 0.25) is 0 Å². The van der Waals surface area contributed by atoms with Crippen molar-refractivity contribution in [3.05, 3.63) is 69.7 Å². The third-order valence-corrected chi connectivity index (χ3v) is 3.66. The molecule has 4 heteroatoms. The van der Waals surface area contributed by atoms with Crippen LogP contribution in [0.4, 0.5) is 8.78 Å². The topological polar surface area (TPSA) is 12.0 Å². The number of benzene rings is 2. The van der Waals surface area contributed by atoms with Crippen LogP contribution in [-0.4, -0.2) is 0 Å². The molecule has 2 aromatic carbocycles. The summed E-state index contributed by atoms with van der Waals surface area (Å²) in [6.45, 7) is 2.62. The van der Waals surface area contributed by atoms with Crippen molar-refractivity contribution in [2.45, 2.75) is 25.9 Å². The van der Waals surface area contributed by atoms with Gasteiger partial charge in [-0.2, -0.15) is 0 Å². The zero-order valence-corrected chi connectivity index (χ0v) is 12.7. The fraction of sp³-hybridized carbons (Fsp3) is 0.250. The molecule has 0 fully saturated rings. The smallest absolute Gasteiger partial charge is 0.263 e. The van der Waals surface area contributed by atoms with E-state index in [1.165, 1.54) is 6.07 Å². The second-order valence-electron chi connectivity index (χ2n) is 4.70. The van der Waals surface area contributed by atoms with E-state index in [-0.39, 0.29) is 11.6 Å². The lowest BCUT2D eigenvalue weighted by molar-refractivity contribution is 0.151. The third-order valence-electron chi connectivity index (χ3n) is 3.16. The minimum atomic E-state index is -2.42. The van der Waals surface area contributed by atoms with Gasteiger partial charge >= 0.3 is 0 Å². The molecule has 20 heavy (non-hydrogen) atoms. The van der Waals surface area contributed by atoms with Crippen LogP contribution < -0.4 is 5.32 Å². The van der Waals surface area contributed by atoms with Crippen LogP contribution in [-0.2, 0) is 6.54 Å². The summed E-state index contributed by atoms with van der Waals surface area (Å²) in [4.78, 5) is 0. The molecule has 2 aromatic rings. The Bertz CT molecular complexity index is 572. The van der Waals surface area contributed by atoms with Gasteiger partial charge in [-0.25, -0.2) is 8.78 Å². The van der Waals surface area contributed by atoms with E-state index < -0.39 is 6.43 Å². The molecule has 0 bridgehead atoms. The SMILES string of the molecule is C[C@@H](NCc1cccc(C(F)F)c1)c1cccc(Br)c1. The summed E-state index contributed by atoms with van der Waals surface area (Å²) < 4.78 is 26.3. The zero-order valence-electron chi connectivity index (χ0n) is 11.1. The molecule has 0 saturated carbocycles. The molecule has 1 nitrogen and oxygen atoms in total. The molecule has 1 atom stereocenters. The van der Waals surface area contributed by atoms with E-state index in [4.69, 9.17) is 0 Å². The number of nitrogens with one attached hydrogen (secondary N) is 1. The van der Waals surface area contributed by atoms with Gasteiger partial charge in [0.15, 0.2) is 0 Å². The highest BCUT2D eigenvalue weighted by molar-refractivity contribution is 9.10. The number of rotatable bonds is 5. The standard InChI is InChI=1S/C16H16BrF2N/c1-11(13-5-3-7-15(17)9-13)20-10-12-4-2-6-14(8-12)16(18)19/h2-9,11,16,20H,10H2,1H3/t11-/m1/s1. The van der Waals surface area contributed by atoms with Crippen molar-refractivity contribution in [1.82, 2.24) is 5.32 Å². The first-order chi connectivity index (χ1) is 9.56. The van der Waals surface area contributed by atoms with E-state index in [0.29, 0.717) is 6.54 Å². The van der Waals surface area contributed by atoms with E-state index in [1.54, 1.807) is 12.1 Å². The molecule has 106 valence electrons. The quantitative estimate of drug-likeness (QED) is 0.785. The Balaban J connectivity index is 1.99. The van der Waals surface area contributed by atoms with Gasteiger partial charge in [0.2, 0.25) is 0 Å². The minimum absolute atomic E-state index is 0.0689. The highest BCUT2D eigenvalue weighted by Crippen LogP contribution is 2.21. The van der Waals surface area contributed by atoms with Crippen molar-refractivity contribution in [1.29, 1.82) is 0 Å². The molecule has 0 aliphatic carbocycles. The Kier molecular flexibility index (Phi) is 5.26. The lowest BCUT2D eigenvalue weighted by atomic mass is 10.1. The molecule has 0 spiro atoms. The first-order valence-corrected chi connectivity index (χ1v) is 7.21. The van der Waals surface area contributed by atoms with Crippen LogP contribution in [0.1, 0.15) is 36.1 Å².